The summed E-state index contributed by atoms with van der Waals surface area (Å²) in [6.45, 7) is 4.42. The molecule has 3 aromatic rings. The minimum absolute atomic E-state index is 0.0504. The molecule has 3 N–H and O–H groups in total. The first-order valence-electron chi connectivity index (χ1n) is 11.0. The number of hydrogen-bond donors (Lipinski definition) is 3. The van der Waals surface area contributed by atoms with Crippen LogP contribution in [0.4, 0.5) is 21.3 Å². The lowest BCUT2D eigenvalue weighted by molar-refractivity contribution is -0.121. The summed E-state index contributed by atoms with van der Waals surface area (Å²) in [6, 6.07) is 11.0. The van der Waals surface area contributed by atoms with E-state index in [0.29, 0.717) is 43.1 Å². The molecule has 3 heterocycles. The van der Waals surface area contributed by atoms with E-state index in [4.69, 9.17) is 0 Å². The number of hydrogen-bond acceptors (Lipinski definition) is 7. The number of aromatic nitrogens is 2. The number of piperidine rings is 1. The highest BCUT2D eigenvalue weighted by atomic mass is 32.2. The maximum absolute atomic E-state index is 12.7. The van der Waals surface area contributed by atoms with Crippen LogP contribution in [0.3, 0.4) is 0 Å². The number of sulfonamides is 1. The van der Waals surface area contributed by atoms with Crippen molar-refractivity contribution in [3.63, 3.8) is 0 Å². The maximum Gasteiger partial charge on any atom is 0.322 e. The number of anilines is 3. The molecule has 1 aromatic carbocycles. The standard InChI is InChI=1S/C23H26N6O4S2/c1-15-14-20(25-16(2)24-15)28-35(32,33)19-7-5-18(6-8-19)26-22(30)17-9-11-29(12-10-17)23(31)27-21-4-3-13-34-21/h3-8,13-14,17H,9-12H2,1-2H3,(H,26,30)(H,27,31)(H,24,25,28). The van der Waals surface area contributed by atoms with E-state index >= 15 is 0 Å². The molecule has 0 aliphatic carbocycles. The molecule has 10 nitrogen and oxygen atoms in total. The normalized spacial score (nSPS) is 14.4. The highest BCUT2D eigenvalue weighted by Gasteiger charge is 2.27. The van der Waals surface area contributed by atoms with Crippen molar-refractivity contribution in [1.29, 1.82) is 0 Å². The fourth-order valence-electron chi connectivity index (χ4n) is 3.81. The van der Waals surface area contributed by atoms with E-state index in [1.165, 1.54) is 23.5 Å². The molecule has 0 spiro atoms. The molecule has 2 aromatic heterocycles. The summed E-state index contributed by atoms with van der Waals surface area (Å²) in [6.07, 6.45) is 1.11. The molecule has 1 aliphatic rings. The van der Waals surface area contributed by atoms with Crippen LogP contribution in [0, 0.1) is 19.8 Å². The number of likely N-dealkylation sites (tertiary alicyclic amines) is 1. The van der Waals surface area contributed by atoms with E-state index < -0.39 is 10.0 Å². The Labute approximate surface area is 207 Å². The van der Waals surface area contributed by atoms with Gasteiger partial charge in [-0.05, 0) is 68.5 Å². The van der Waals surface area contributed by atoms with E-state index in [9.17, 15) is 18.0 Å². The minimum Gasteiger partial charge on any atom is -0.326 e. The van der Waals surface area contributed by atoms with Crippen LogP contribution in [0.5, 0.6) is 0 Å². The summed E-state index contributed by atoms with van der Waals surface area (Å²) in [7, 11) is -3.84. The van der Waals surface area contributed by atoms with Crippen molar-refractivity contribution in [1.82, 2.24) is 14.9 Å². The van der Waals surface area contributed by atoms with Gasteiger partial charge in [0, 0.05) is 36.5 Å². The third kappa shape index (κ3) is 6.34. The van der Waals surface area contributed by atoms with Gasteiger partial charge >= 0.3 is 6.03 Å². The van der Waals surface area contributed by atoms with Gasteiger partial charge in [0.1, 0.15) is 11.6 Å². The second kappa shape index (κ2) is 10.4. The van der Waals surface area contributed by atoms with Crippen molar-refractivity contribution in [3.8, 4) is 0 Å². The minimum atomic E-state index is -3.84. The lowest BCUT2D eigenvalue weighted by Crippen LogP contribution is -2.43. The molecule has 0 unspecified atom stereocenters. The van der Waals surface area contributed by atoms with Crippen molar-refractivity contribution >= 4 is 49.8 Å². The van der Waals surface area contributed by atoms with Gasteiger partial charge in [-0.25, -0.2) is 23.2 Å². The third-order valence-electron chi connectivity index (χ3n) is 5.54. The van der Waals surface area contributed by atoms with Crippen LogP contribution in [0.25, 0.3) is 0 Å². The van der Waals surface area contributed by atoms with Crippen LogP contribution in [0.1, 0.15) is 24.4 Å². The van der Waals surface area contributed by atoms with E-state index in [2.05, 4.69) is 25.3 Å². The number of thiophene rings is 1. The van der Waals surface area contributed by atoms with Crippen LogP contribution in [-0.4, -0.2) is 48.3 Å². The zero-order chi connectivity index (χ0) is 25.0. The van der Waals surface area contributed by atoms with Crippen LogP contribution < -0.4 is 15.4 Å². The van der Waals surface area contributed by atoms with Gasteiger partial charge in [0.2, 0.25) is 5.91 Å². The van der Waals surface area contributed by atoms with Crippen LogP contribution in [0.2, 0.25) is 0 Å². The summed E-state index contributed by atoms with van der Waals surface area (Å²) in [5.74, 6) is 0.289. The molecule has 184 valence electrons. The summed E-state index contributed by atoms with van der Waals surface area (Å²) in [5, 5.41) is 8.38. The average Bonchev–Trinajstić information content (AvgIpc) is 3.31. The molecule has 3 amide bonds. The van der Waals surface area contributed by atoms with Gasteiger partial charge in [-0.2, -0.15) is 0 Å². The molecule has 0 saturated carbocycles. The summed E-state index contributed by atoms with van der Waals surface area (Å²) < 4.78 is 27.8. The molecule has 4 rings (SSSR count). The molecule has 1 fully saturated rings. The van der Waals surface area contributed by atoms with E-state index in [1.54, 1.807) is 36.9 Å². The van der Waals surface area contributed by atoms with Crippen molar-refractivity contribution in [2.45, 2.75) is 31.6 Å². The zero-order valence-electron chi connectivity index (χ0n) is 19.3. The smallest absolute Gasteiger partial charge is 0.322 e. The second-order valence-electron chi connectivity index (χ2n) is 8.23. The number of benzene rings is 1. The Morgan fingerprint density at radius 1 is 1.03 bits per heavy atom. The predicted molar refractivity (Wildman–Crippen MR) is 135 cm³/mol. The summed E-state index contributed by atoms with van der Waals surface area (Å²) >= 11 is 1.46. The van der Waals surface area contributed by atoms with E-state index in [1.807, 2.05) is 17.5 Å². The Hall–Kier alpha value is -3.51. The zero-order valence-corrected chi connectivity index (χ0v) is 20.9. The van der Waals surface area contributed by atoms with E-state index in [0.717, 1.165) is 5.00 Å². The molecule has 1 aliphatic heterocycles. The molecule has 0 atom stereocenters. The Bertz CT molecular complexity index is 1280. The number of amides is 3. The fraction of sp³-hybridized carbons (Fsp3) is 0.304. The number of urea groups is 1. The number of carbonyl (C=O) groups excluding carboxylic acids is 2. The molecular formula is C23H26N6O4S2. The van der Waals surface area contributed by atoms with Crippen LogP contribution >= 0.6 is 11.3 Å². The number of nitrogens with one attached hydrogen (secondary N) is 3. The van der Waals surface area contributed by atoms with Gasteiger partial charge in [-0.3, -0.25) is 14.8 Å². The van der Waals surface area contributed by atoms with Gasteiger partial charge in [-0.1, -0.05) is 0 Å². The van der Waals surface area contributed by atoms with E-state index in [-0.39, 0.29) is 28.6 Å². The highest BCUT2D eigenvalue weighted by Crippen LogP contribution is 2.23. The lowest BCUT2D eigenvalue weighted by atomic mass is 9.96. The lowest BCUT2D eigenvalue weighted by Gasteiger charge is -2.31. The Morgan fingerprint density at radius 3 is 2.37 bits per heavy atom. The Balaban J connectivity index is 1.30. The number of nitrogens with zero attached hydrogens (tertiary/aromatic N) is 3. The van der Waals surface area contributed by atoms with Gasteiger partial charge in [-0.15, -0.1) is 11.3 Å². The Morgan fingerprint density at radius 2 is 1.74 bits per heavy atom. The predicted octanol–water partition coefficient (Wildman–Crippen LogP) is 3.84. The van der Waals surface area contributed by atoms with Crippen LogP contribution in [0.15, 0.2) is 52.7 Å². The summed E-state index contributed by atoms with van der Waals surface area (Å²) in [4.78, 5) is 35.1. The van der Waals surface area contributed by atoms with Gasteiger partial charge in [0.05, 0.1) is 9.90 Å². The first kappa shape index (κ1) is 24.6. The fourth-order valence-corrected chi connectivity index (χ4v) is 5.41. The van der Waals surface area contributed by atoms with Crippen LogP contribution in [-0.2, 0) is 14.8 Å². The number of rotatable bonds is 6. The van der Waals surface area contributed by atoms with Crippen molar-refractivity contribution in [3.05, 3.63) is 59.4 Å². The topological polar surface area (TPSA) is 133 Å². The molecular weight excluding hydrogens is 488 g/mol. The molecule has 1 saturated heterocycles. The van der Waals surface area contributed by atoms with Gasteiger partial charge < -0.3 is 10.2 Å². The van der Waals surface area contributed by atoms with Gasteiger partial charge in [0.25, 0.3) is 10.0 Å². The Kier molecular flexibility index (Phi) is 7.31. The molecule has 35 heavy (non-hydrogen) atoms. The largest absolute Gasteiger partial charge is 0.326 e. The number of aryl methyl sites for hydroxylation is 2. The van der Waals surface area contributed by atoms with Gasteiger partial charge in [0.15, 0.2) is 0 Å². The molecule has 0 radical (unpaired) electrons. The average molecular weight is 515 g/mol. The van der Waals surface area contributed by atoms with Crippen molar-refractivity contribution in [2.75, 3.05) is 28.4 Å². The summed E-state index contributed by atoms with van der Waals surface area (Å²) in [5.41, 5.74) is 1.16. The molecule has 12 heteroatoms. The third-order valence-corrected chi connectivity index (χ3v) is 7.70. The maximum atomic E-state index is 12.7. The van der Waals surface area contributed by atoms with Crippen molar-refractivity contribution < 1.29 is 18.0 Å². The quantitative estimate of drug-likeness (QED) is 0.458. The second-order valence-corrected chi connectivity index (χ2v) is 10.9. The highest BCUT2D eigenvalue weighted by molar-refractivity contribution is 7.92. The molecule has 0 bridgehead atoms. The van der Waals surface area contributed by atoms with Crippen molar-refractivity contribution in [2.24, 2.45) is 5.92 Å². The SMILES string of the molecule is Cc1cc(NS(=O)(=O)c2ccc(NC(=O)C3CCN(C(=O)Nc4cccs4)CC3)cc2)nc(C)n1. The first-order chi connectivity index (χ1) is 16.7. The first-order valence-corrected chi connectivity index (χ1v) is 13.4. The number of carbonyl (C=O) groups is 2. The monoisotopic (exact) mass is 514 g/mol.